The lowest BCUT2D eigenvalue weighted by Crippen LogP contribution is -2.64. The molecule has 0 spiro atoms. The van der Waals surface area contributed by atoms with E-state index in [4.69, 9.17) is 23.2 Å². The van der Waals surface area contributed by atoms with Crippen LogP contribution in [-0.2, 0) is 6.42 Å². The van der Waals surface area contributed by atoms with E-state index in [2.05, 4.69) is 9.80 Å². The molecule has 0 aliphatic carbocycles. The van der Waals surface area contributed by atoms with Crippen LogP contribution in [0.25, 0.3) is 0 Å². The third-order valence-electron chi connectivity index (χ3n) is 4.20. The summed E-state index contributed by atoms with van der Waals surface area (Å²) < 4.78 is 0. The highest BCUT2D eigenvalue weighted by Crippen LogP contribution is 2.25. The van der Waals surface area contributed by atoms with Gasteiger partial charge in [-0.2, -0.15) is 0 Å². The number of hydrogen-bond acceptors (Lipinski definition) is 3. The molecule has 0 saturated carbocycles. The van der Waals surface area contributed by atoms with Gasteiger partial charge in [-0.15, -0.1) is 0 Å². The third-order valence-corrected chi connectivity index (χ3v) is 4.81. The Morgan fingerprint density at radius 1 is 1.21 bits per heavy atom. The summed E-state index contributed by atoms with van der Waals surface area (Å²) in [6, 6.07) is 5.64. The lowest BCUT2D eigenvalue weighted by atomic mass is 9.97. The van der Waals surface area contributed by atoms with Crippen LogP contribution in [0.2, 0.25) is 10.0 Å². The van der Waals surface area contributed by atoms with Gasteiger partial charge in [0.25, 0.3) is 0 Å². The Bertz CT molecular complexity index is 461. The summed E-state index contributed by atoms with van der Waals surface area (Å²) in [5.74, 6) is 0. The van der Waals surface area contributed by atoms with Crippen molar-refractivity contribution in [1.29, 1.82) is 0 Å². The molecule has 5 heteroatoms. The molecule has 0 aromatic heterocycles. The SMILES string of the molecule is OC(Cc1cc(Cl)ccc1Cl)C1CN2CCN1CC2. The van der Waals surface area contributed by atoms with Gasteiger partial charge >= 0.3 is 0 Å². The second kappa shape index (κ2) is 5.58. The van der Waals surface area contributed by atoms with E-state index in [9.17, 15) is 5.11 Å². The highest BCUT2D eigenvalue weighted by Gasteiger charge is 2.36. The summed E-state index contributed by atoms with van der Waals surface area (Å²) in [6.45, 7) is 5.33. The molecule has 0 radical (unpaired) electrons. The first kappa shape index (κ1) is 13.7. The molecule has 0 amide bonds. The largest absolute Gasteiger partial charge is 0.391 e. The summed E-state index contributed by atoms with van der Waals surface area (Å²) in [5.41, 5.74) is 0.930. The van der Waals surface area contributed by atoms with Gasteiger partial charge in [0.15, 0.2) is 0 Å². The van der Waals surface area contributed by atoms with E-state index in [1.165, 1.54) is 0 Å². The van der Waals surface area contributed by atoms with Crippen LogP contribution >= 0.6 is 23.2 Å². The number of halogens is 2. The van der Waals surface area contributed by atoms with Gasteiger partial charge in [0, 0.05) is 55.2 Å². The molecule has 3 aliphatic rings. The number of aliphatic hydroxyl groups is 1. The molecule has 3 heterocycles. The van der Waals surface area contributed by atoms with Crippen molar-refractivity contribution in [2.45, 2.75) is 18.6 Å². The van der Waals surface area contributed by atoms with Crippen LogP contribution in [-0.4, -0.2) is 59.8 Å². The van der Waals surface area contributed by atoms with Crippen molar-refractivity contribution in [3.05, 3.63) is 33.8 Å². The summed E-state index contributed by atoms with van der Waals surface area (Å²) in [6.07, 6.45) is 0.174. The predicted octanol–water partition coefficient (Wildman–Crippen LogP) is 1.90. The van der Waals surface area contributed by atoms with E-state index in [1.54, 1.807) is 12.1 Å². The molecule has 19 heavy (non-hydrogen) atoms. The Morgan fingerprint density at radius 2 is 1.95 bits per heavy atom. The van der Waals surface area contributed by atoms with Crippen LogP contribution in [0, 0.1) is 0 Å². The fourth-order valence-corrected chi connectivity index (χ4v) is 3.47. The maximum absolute atomic E-state index is 10.5. The minimum absolute atomic E-state index is 0.220. The van der Waals surface area contributed by atoms with Crippen LogP contribution in [0.4, 0.5) is 0 Å². The van der Waals surface area contributed by atoms with Gasteiger partial charge in [0.1, 0.15) is 0 Å². The van der Waals surface area contributed by atoms with Gasteiger partial charge in [-0.05, 0) is 23.8 Å². The number of rotatable bonds is 3. The monoisotopic (exact) mass is 300 g/mol. The Morgan fingerprint density at radius 3 is 2.58 bits per heavy atom. The lowest BCUT2D eigenvalue weighted by Gasteiger charge is -2.49. The number of hydrogen-bond donors (Lipinski definition) is 1. The van der Waals surface area contributed by atoms with E-state index in [0.29, 0.717) is 16.5 Å². The average Bonchev–Trinajstić information content (AvgIpc) is 2.44. The van der Waals surface area contributed by atoms with Gasteiger partial charge in [-0.3, -0.25) is 9.80 Å². The van der Waals surface area contributed by atoms with Gasteiger partial charge < -0.3 is 5.11 Å². The molecular weight excluding hydrogens is 283 g/mol. The zero-order valence-corrected chi connectivity index (χ0v) is 12.2. The van der Waals surface area contributed by atoms with E-state index in [1.807, 2.05) is 6.07 Å². The molecular formula is C14H18Cl2N2O. The predicted molar refractivity (Wildman–Crippen MR) is 78.0 cm³/mol. The van der Waals surface area contributed by atoms with E-state index in [-0.39, 0.29) is 12.1 Å². The smallest absolute Gasteiger partial charge is 0.0748 e. The van der Waals surface area contributed by atoms with Crippen LogP contribution in [0.15, 0.2) is 18.2 Å². The van der Waals surface area contributed by atoms with Crippen LogP contribution in [0.1, 0.15) is 5.56 Å². The van der Waals surface area contributed by atoms with Crippen LogP contribution in [0.5, 0.6) is 0 Å². The maximum atomic E-state index is 10.5. The molecule has 104 valence electrons. The topological polar surface area (TPSA) is 26.7 Å². The van der Waals surface area contributed by atoms with Crippen molar-refractivity contribution in [2.75, 3.05) is 32.7 Å². The lowest BCUT2D eigenvalue weighted by molar-refractivity contribution is -0.0453. The number of fused-ring (bicyclic) bond motifs is 3. The Kier molecular flexibility index (Phi) is 4.01. The van der Waals surface area contributed by atoms with Crippen molar-refractivity contribution < 1.29 is 5.11 Å². The highest BCUT2D eigenvalue weighted by atomic mass is 35.5. The van der Waals surface area contributed by atoms with E-state index >= 15 is 0 Å². The van der Waals surface area contributed by atoms with Crippen molar-refractivity contribution in [3.63, 3.8) is 0 Å². The Balaban J connectivity index is 1.71. The molecule has 3 fully saturated rings. The first-order valence-electron chi connectivity index (χ1n) is 6.72. The molecule has 3 aliphatic heterocycles. The van der Waals surface area contributed by atoms with Crippen molar-refractivity contribution in [2.24, 2.45) is 0 Å². The van der Waals surface area contributed by atoms with Crippen molar-refractivity contribution in [3.8, 4) is 0 Å². The van der Waals surface area contributed by atoms with Crippen molar-refractivity contribution in [1.82, 2.24) is 9.80 Å². The molecule has 1 N–H and O–H groups in total. The molecule has 3 saturated heterocycles. The number of aliphatic hydroxyl groups excluding tert-OH is 1. The normalized spacial score (nSPS) is 31.4. The summed E-state index contributed by atoms with van der Waals surface area (Å²) in [7, 11) is 0. The fourth-order valence-electron chi connectivity index (χ4n) is 3.08. The first-order chi connectivity index (χ1) is 9.13. The standard InChI is InChI=1S/C14H18Cl2N2O/c15-11-1-2-12(16)10(7-11)8-14(19)13-9-17-3-5-18(13)6-4-17/h1-2,7,13-14,19H,3-6,8-9H2. The van der Waals surface area contributed by atoms with Crippen molar-refractivity contribution >= 4 is 23.2 Å². The summed E-state index contributed by atoms with van der Waals surface area (Å²) >= 11 is 12.2. The number of piperazine rings is 3. The van der Waals surface area contributed by atoms with Crippen LogP contribution < -0.4 is 0 Å². The van der Waals surface area contributed by atoms with Gasteiger partial charge in [-0.1, -0.05) is 23.2 Å². The first-order valence-corrected chi connectivity index (χ1v) is 7.47. The third kappa shape index (κ3) is 2.91. The zero-order chi connectivity index (χ0) is 13.4. The number of benzene rings is 1. The second-order valence-electron chi connectivity index (χ2n) is 5.41. The molecule has 3 nitrogen and oxygen atoms in total. The van der Waals surface area contributed by atoms with Gasteiger partial charge in [0.05, 0.1) is 6.10 Å². The average molecular weight is 301 g/mol. The quantitative estimate of drug-likeness (QED) is 0.924. The number of nitrogens with zero attached hydrogens (tertiary/aromatic N) is 2. The van der Waals surface area contributed by atoms with E-state index < -0.39 is 0 Å². The van der Waals surface area contributed by atoms with Crippen LogP contribution in [0.3, 0.4) is 0 Å². The second-order valence-corrected chi connectivity index (χ2v) is 6.25. The molecule has 1 aromatic carbocycles. The molecule has 2 unspecified atom stereocenters. The molecule has 4 rings (SSSR count). The summed E-state index contributed by atoms with van der Waals surface area (Å²) in [5, 5.41) is 11.8. The molecule has 2 bridgehead atoms. The molecule has 2 atom stereocenters. The summed E-state index contributed by atoms with van der Waals surface area (Å²) in [4.78, 5) is 4.82. The van der Waals surface area contributed by atoms with Gasteiger partial charge in [0.2, 0.25) is 0 Å². The Hall–Kier alpha value is -0.320. The highest BCUT2D eigenvalue weighted by molar-refractivity contribution is 6.33. The minimum atomic E-state index is -0.390. The zero-order valence-electron chi connectivity index (χ0n) is 10.7. The minimum Gasteiger partial charge on any atom is -0.391 e. The molecule has 1 aromatic rings. The van der Waals surface area contributed by atoms with E-state index in [0.717, 1.165) is 38.3 Å². The van der Waals surface area contributed by atoms with Gasteiger partial charge in [-0.25, -0.2) is 0 Å². The fraction of sp³-hybridized carbons (Fsp3) is 0.571. The maximum Gasteiger partial charge on any atom is 0.0748 e. The Labute approximate surface area is 123 Å².